The summed E-state index contributed by atoms with van der Waals surface area (Å²) >= 11 is 1.58. The first-order valence-corrected chi connectivity index (χ1v) is 9.65. The summed E-state index contributed by atoms with van der Waals surface area (Å²) in [5.74, 6) is 0.194. The summed E-state index contributed by atoms with van der Waals surface area (Å²) in [5, 5.41) is 22.9. The summed E-state index contributed by atoms with van der Waals surface area (Å²) in [5.41, 5.74) is 1.83. The molecule has 1 saturated heterocycles. The van der Waals surface area contributed by atoms with Crippen molar-refractivity contribution in [3.63, 3.8) is 0 Å². The molecule has 0 bridgehead atoms. The van der Waals surface area contributed by atoms with E-state index in [1.807, 2.05) is 6.92 Å². The van der Waals surface area contributed by atoms with E-state index in [1.54, 1.807) is 11.3 Å². The summed E-state index contributed by atoms with van der Waals surface area (Å²) in [6, 6.07) is 2.30. The average Bonchev–Trinajstić information content (AvgIpc) is 3.05. The van der Waals surface area contributed by atoms with Crippen molar-refractivity contribution in [2.24, 2.45) is 5.92 Å². The molecule has 2 unspecified atom stereocenters. The Balaban J connectivity index is 1.64. The smallest absolute Gasteiger partial charge is 0.239 e. The van der Waals surface area contributed by atoms with Gasteiger partial charge in [-0.3, -0.25) is 9.69 Å². The normalized spacial score (nSPS) is 22.5. The first-order valence-electron chi connectivity index (χ1n) is 8.83. The van der Waals surface area contributed by atoms with Gasteiger partial charge in [-0.2, -0.15) is 5.26 Å². The molecule has 0 radical (unpaired) electrons. The van der Waals surface area contributed by atoms with Crippen LogP contribution >= 0.6 is 11.3 Å². The topological polar surface area (TPSA) is 76.4 Å². The number of aliphatic hydroxyl groups is 1. The molecule has 5 nitrogen and oxygen atoms in total. The van der Waals surface area contributed by atoms with Crippen molar-refractivity contribution < 1.29 is 9.90 Å². The molecule has 6 heteroatoms. The molecule has 1 fully saturated rings. The van der Waals surface area contributed by atoms with E-state index in [0.717, 1.165) is 49.3 Å². The number of aliphatic hydroxyl groups excluding tert-OH is 1. The third-order valence-corrected chi connectivity index (χ3v) is 6.35. The molecule has 3 rings (SSSR count). The molecule has 2 heterocycles. The van der Waals surface area contributed by atoms with Gasteiger partial charge in [-0.1, -0.05) is 6.42 Å². The van der Waals surface area contributed by atoms with Gasteiger partial charge in [0.25, 0.3) is 0 Å². The van der Waals surface area contributed by atoms with Crippen LogP contribution in [0.2, 0.25) is 0 Å². The Bertz CT molecular complexity index is 647. The van der Waals surface area contributed by atoms with Crippen LogP contribution in [0.4, 0.5) is 5.00 Å². The molecule has 1 aromatic rings. The molecular formula is C18H25N3O2S. The highest BCUT2D eigenvalue weighted by Crippen LogP contribution is 2.37. The Morgan fingerprint density at radius 3 is 2.96 bits per heavy atom. The van der Waals surface area contributed by atoms with E-state index in [2.05, 4.69) is 16.3 Å². The van der Waals surface area contributed by atoms with Crippen LogP contribution in [0.15, 0.2) is 0 Å². The number of amides is 1. The van der Waals surface area contributed by atoms with Crippen molar-refractivity contribution in [2.45, 2.75) is 51.6 Å². The molecule has 2 atom stereocenters. The zero-order valence-corrected chi connectivity index (χ0v) is 15.0. The Labute approximate surface area is 147 Å². The molecule has 24 heavy (non-hydrogen) atoms. The number of nitrogens with zero attached hydrogens (tertiary/aromatic N) is 2. The van der Waals surface area contributed by atoms with Gasteiger partial charge >= 0.3 is 0 Å². The SMILES string of the molecule is CC(O)C1CCN(CC(=O)Nc2sc3c(c2C#N)CCCCC3)C1. The quantitative estimate of drug-likeness (QED) is 0.821. The molecule has 1 amide bonds. The molecule has 1 aliphatic carbocycles. The molecule has 2 N–H and O–H groups in total. The number of carbonyl (C=O) groups is 1. The van der Waals surface area contributed by atoms with Crippen LogP contribution < -0.4 is 5.32 Å². The van der Waals surface area contributed by atoms with Crippen LogP contribution in [0.1, 0.15) is 48.6 Å². The second kappa shape index (κ2) is 7.64. The fourth-order valence-electron chi connectivity index (χ4n) is 3.72. The Morgan fingerprint density at radius 2 is 2.25 bits per heavy atom. The molecule has 0 saturated carbocycles. The third-order valence-electron chi connectivity index (χ3n) is 5.14. The van der Waals surface area contributed by atoms with E-state index in [-0.39, 0.29) is 17.9 Å². The van der Waals surface area contributed by atoms with Crippen LogP contribution in [0.3, 0.4) is 0 Å². The fraction of sp³-hybridized carbons (Fsp3) is 0.667. The van der Waals surface area contributed by atoms with Crippen molar-refractivity contribution in [3.8, 4) is 6.07 Å². The summed E-state index contributed by atoms with van der Waals surface area (Å²) < 4.78 is 0. The summed E-state index contributed by atoms with van der Waals surface area (Å²) in [6.07, 6.45) is 6.09. The van der Waals surface area contributed by atoms with Gasteiger partial charge < -0.3 is 10.4 Å². The van der Waals surface area contributed by atoms with Crippen molar-refractivity contribution >= 4 is 22.2 Å². The van der Waals surface area contributed by atoms with Crippen LogP contribution in [0.25, 0.3) is 0 Å². The van der Waals surface area contributed by atoms with Crippen molar-refractivity contribution in [1.29, 1.82) is 5.26 Å². The number of thiophene rings is 1. The van der Waals surface area contributed by atoms with E-state index in [1.165, 1.54) is 17.7 Å². The van der Waals surface area contributed by atoms with Crippen LogP contribution in [-0.4, -0.2) is 41.7 Å². The van der Waals surface area contributed by atoms with E-state index in [9.17, 15) is 15.2 Å². The first kappa shape index (κ1) is 17.4. The average molecular weight is 347 g/mol. The summed E-state index contributed by atoms with van der Waals surface area (Å²) in [6.45, 7) is 3.75. The summed E-state index contributed by atoms with van der Waals surface area (Å²) in [7, 11) is 0. The van der Waals surface area contributed by atoms with Gasteiger partial charge in [-0.25, -0.2) is 0 Å². The molecule has 1 aliphatic heterocycles. The number of hydrogen-bond acceptors (Lipinski definition) is 5. The van der Waals surface area contributed by atoms with E-state index >= 15 is 0 Å². The van der Waals surface area contributed by atoms with Crippen molar-refractivity contribution in [3.05, 3.63) is 16.0 Å². The minimum atomic E-state index is -0.323. The largest absolute Gasteiger partial charge is 0.393 e. The number of fused-ring (bicyclic) bond motifs is 1. The Kier molecular flexibility index (Phi) is 5.54. The van der Waals surface area contributed by atoms with Gasteiger partial charge in [-0.15, -0.1) is 11.3 Å². The molecular weight excluding hydrogens is 322 g/mol. The predicted octanol–water partition coefficient (Wildman–Crippen LogP) is 2.53. The maximum Gasteiger partial charge on any atom is 0.239 e. The van der Waals surface area contributed by atoms with Crippen LogP contribution in [0.5, 0.6) is 0 Å². The lowest BCUT2D eigenvalue weighted by Crippen LogP contribution is -2.32. The van der Waals surface area contributed by atoms with Gasteiger partial charge in [0.2, 0.25) is 5.91 Å². The predicted molar refractivity (Wildman–Crippen MR) is 95.2 cm³/mol. The lowest BCUT2D eigenvalue weighted by Gasteiger charge is -2.16. The zero-order valence-electron chi connectivity index (χ0n) is 14.2. The van der Waals surface area contributed by atoms with Crippen molar-refractivity contribution in [1.82, 2.24) is 4.90 Å². The first-order chi connectivity index (χ1) is 11.6. The van der Waals surface area contributed by atoms with Gasteiger partial charge in [0.1, 0.15) is 11.1 Å². The standard InChI is InChI=1S/C18H25N3O2S/c1-12(22)13-7-8-21(10-13)11-17(23)20-18-15(9-19)14-5-3-2-4-6-16(14)24-18/h12-13,22H,2-8,10-11H2,1H3,(H,20,23). The van der Waals surface area contributed by atoms with Crippen LogP contribution in [0, 0.1) is 17.2 Å². The van der Waals surface area contributed by atoms with E-state index in [0.29, 0.717) is 12.1 Å². The van der Waals surface area contributed by atoms with Gasteiger partial charge in [0.05, 0.1) is 18.2 Å². The molecule has 1 aromatic heterocycles. The van der Waals surface area contributed by atoms with Gasteiger partial charge in [0, 0.05) is 11.4 Å². The second-order valence-electron chi connectivity index (χ2n) is 6.95. The highest BCUT2D eigenvalue weighted by molar-refractivity contribution is 7.16. The van der Waals surface area contributed by atoms with Crippen LogP contribution in [-0.2, 0) is 17.6 Å². The van der Waals surface area contributed by atoms with E-state index in [4.69, 9.17) is 0 Å². The lowest BCUT2D eigenvalue weighted by atomic mass is 10.0. The highest BCUT2D eigenvalue weighted by atomic mass is 32.1. The number of carbonyl (C=O) groups excluding carboxylic acids is 1. The number of anilines is 1. The number of hydrogen-bond donors (Lipinski definition) is 2. The minimum Gasteiger partial charge on any atom is -0.393 e. The Hall–Kier alpha value is -1.42. The van der Waals surface area contributed by atoms with Crippen molar-refractivity contribution in [2.75, 3.05) is 25.0 Å². The fourth-order valence-corrected chi connectivity index (χ4v) is 4.97. The molecule has 0 aromatic carbocycles. The lowest BCUT2D eigenvalue weighted by molar-refractivity contribution is -0.117. The van der Waals surface area contributed by atoms with Gasteiger partial charge in [0.15, 0.2) is 0 Å². The Morgan fingerprint density at radius 1 is 1.46 bits per heavy atom. The van der Waals surface area contributed by atoms with Gasteiger partial charge in [-0.05, 0) is 57.1 Å². The number of nitriles is 1. The third kappa shape index (κ3) is 3.80. The number of likely N-dealkylation sites (tertiary alicyclic amines) is 1. The highest BCUT2D eigenvalue weighted by Gasteiger charge is 2.28. The second-order valence-corrected chi connectivity index (χ2v) is 8.06. The summed E-state index contributed by atoms with van der Waals surface area (Å²) in [4.78, 5) is 15.7. The molecule has 0 spiro atoms. The zero-order chi connectivity index (χ0) is 17.1. The number of nitrogens with one attached hydrogen (secondary N) is 1. The molecule has 130 valence electrons. The maximum atomic E-state index is 12.4. The number of aryl methyl sites for hydroxylation is 1. The number of rotatable bonds is 4. The monoisotopic (exact) mass is 347 g/mol. The molecule has 2 aliphatic rings. The maximum absolute atomic E-state index is 12.4. The van der Waals surface area contributed by atoms with E-state index < -0.39 is 0 Å². The minimum absolute atomic E-state index is 0.0610.